The molecule has 1 saturated heterocycles. The van der Waals surface area contributed by atoms with E-state index in [0.717, 1.165) is 32.6 Å². The van der Waals surface area contributed by atoms with Crippen LogP contribution in [0.25, 0.3) is 0 Å². The lowest BCUT2D eigenvalue weighted by Crippen LogP contribution is -2.35. The molecule has 0 atom stereocenters. The van der Waals surface area contributed by atoms with Gasteiger partial charge in [-0.1, -0.05) is 6.92 Å². The second-order valence-corrected chi connectivity index (χ2v) is 4.16. The highest BCUT2D eigenvalue weighted by Crippen LogP contribution is 2.28. The van der Waals surface area contributed by atoms with Crippen molar-refractivity contribution in [2.24, 2.45) is 5.41 Å². The molecule has 1 rings (SSSR count). The fraction of sp³-hybridized carbons (Fsp3) is 0.727. The second kappa shape index (κ2) is 5.75. The zero-order valence-electron chi connectivity index (χ0n) is 9.41. The van der Waals surface area contributed by atoms with Gasteiger partial charge in [0, 0.05) is 32.0 Å². The quantitative estimate of drug-likeness (QED) is 0.561. The molecule has 4 heteroatoms. The molecule has 0 bridgehead atoms. The van der Waals surface area contributed by atoms with Gasteiger partial charge in [-0.2, -0.15) is 0 Å². The van der Waals surface area contributed by atoms with Gasteiger partial charge in [0.15, 0.2) is 0 Å². The number of carbonyl (C=O) groups excluding carboxylic acids is 1. The molecule has 1 N–H and O–H groups in total. The number of hydrogen-bond acceptors (Lipinski definition) is 4. The highest BCUT2D eigenvalue weighted by atomic mass is 16.5. The monoisotopic (exact) mass is 213 g/mol. The van der Waals surface area contributed by atoms with Gasteiger partial charge >= 0.3 is 5.97 Å². The van der Waals surface area contributed by atoms with Crippen LogP contribution in [0, 0.1) is 5.41 Å². The summed E-state index contributed by atoms with van der Waals surface area (Å²) in [5.74, 6) is -0.334. The van der Waals surface area contributed by atoms with E-state index in [1.54, 1.807) is 6.20 Å². The van der Waals surface area contributed by atoms with Gasteiger partial charge in [-0.15, -0.1) is 0 Å². The number of rotatable bonds is 4. The summed E-state index contributed by atoms with van der Waals surface area (Å²) in [6.45, 7) is 4.76. The van der Waals surface area contributed by atoms with Crippen molar-refractivity contribution in [3.8, 4) is 0 Å². The van der Waals surface area contributed by atoms with Gasteiger partial charge in [0.1, 0.15) is 0 Å². The summed E-state index contributed by atoms with van der Waals surface area (Å²) in [4.78, 5) is 10.8. The van der Waals surface area contributed by atoms with Crippen LogP contribution in [0.3, 0.4) is 0 Å². The third kappa shape index (κ3) is 4.34. The smallest absolute Gasteiger partial charge is 0.331 e. The molecule has 0 radical (unpaired) electrons. The standard InChI is InChI=1S/C11H19NO3/c1-11(4-7-15-8-5-11)9-12-6-3-10(13)14-2/h3,6,12H,4-5,7-9H2,1-2H3/b6-3+. The van der Waals surface area contributed by atoms with Crippen molar-refractivity contribution in [2.45, 2.75) is 19.8 Å². The first-order chi connectivity index (χ1) is 7.16. The van der Waals surface area contributed by atoms with E-state index in [4.69, 9.17) is 4.74 Å². The van der Waals surface area contributed by atoms with Crippen molar-refractivity contribution in [2.75, 3.05) is 26.9 Å². The molecule has 1 aliphatic rings. The minimum Gasteiger partial charge on any atom is -0.466 e. The highest BCUT2D eigenvalue weighted by Gasteiger charge is 2.26. The fourth-order valence-corrected chi connectivity index (χ4v) is 1.54. The van der Waals surface area contributed by atoms with Crippen LogP contribution < -0.4 is 5.32 Å². The third-order valence-electron chi connectivity index (χ3n) is 2.77. The normalized spacial score (nSPS) is 20.1. The van der Waals surface area contributed by atoms with E-state index in [2.05, 4.69) is 17.0 Å². The maximum atomic E-state index is 10.8. The third-order valence-corrected chi connectivity index (χ3v) is 2.77. The van der Waals surface area contributed by atoms with E-state index in [9.17, 15) is 4.79 Å². The lowest BCUT2D eigenvalue weighted by molar-refractivity contribution is -0.134. The Morgan fingerprint density at radius 3 is 2.80 bits per heavy atom. The maximum absolute atomic E-state index is 10.8. The number of nitrogens with one attached hydrogen (secondary N) is 1. The Bertz CT molecular complexity index is 232. The van der Waals surface area contributed by atoms with Crippen LogP contribution in [0.5, 0.6) is 0 Å². The Kier molecular flexibility index (Phi) is 4.62. The Labute approximate surface area is 90.6 Å². The van der Waals surface area contributed by atoms with Gasteiger partial charge in [0.05, 0.1) is 7.11 Å². The summed E-state index contributed by atoms with van der Waals surface area (Å²) in [7, 11) is 1.37. The molecule has 0 spiro atoms. The van der Waals surface area contributed by atoms with Crippen molar-refractivity contribution in [3.05, 3.63) is 12.3 Å². The number of ether oxygens (including phenoxy) is 2. The van der Waals surface area contributed by atoms with Crippen molar-refractivity contribution < 1.29 is 14.3 Å². The van der Waals surface area contributed by atoms with E-state index in [-0.39, 0.29) is 11.4 Å². The van der Waals surface area contributed by atoms with Crippen LogP contribution >= 0.6 is 0 Å². The zero-order chi connectivity index (χ0) is 11.1. The van der Waals surface area contributed by atoms with Crippen molar-refractivity contribution in [1.29, 1.82) is 0 Å². The lowest BCUT2D eigenvalue weighted by Gasteiger charge is -2.33. The summed E-state index contributed by atoms with van der Waals surface area (Å²) in [5.41, 5.74) is 0.276. The van der Waals surface area contributed by atoms with E-state index in [1.165, 1.54) is 13.2 Å². The SMILES string of the molecule is COC(=O)/C=C/NCC1(C)CCOCC1. The van der Waals surface area contributed by atoms with Gasteiger partial charge in [0.2, 0.25) is 0 Å². The number of esters is 1. The Hall–Kier alpha value is -1.03. The van der Waals surface area contributed by atoms with E-state index in [1.807, 2.05) is 0 Å². The molecule has 0 aromatic heterocycles. The van der Waals surface area contributed by atoms with E-state index >= 15 is 0 Å². The molecular weight excluding hydrogens is 194 g/mol. The fourth-order valence-electron chi connectivity index (χ4n) is 1.54. The summed E-state index contributed by atoms with van der Waals surface area (Å²) in [5, 5.41) is 3.12. The van der Waals surface area contributed by atoms with Crippen molar-refractivity contribution in [3.63, 3.8) is 0 Å². The first-order valence-electron chi connectivity index (χ1n) is 5.22. The van der Waals surface area contributed by atoms with Crippen LogP contribution in [-0.2, 0) is 14.3 Å². The molecular formula is C11H19NO3. The topological polar surface area (TPSA) is 47.6 Å². The predicted octanol–water partition coefficient (Wildman–Crippen LogP) is 1.08. The molecule has 0 aromatic rings. The minimum atomic E-state index is -0.334. The molecule has 0 saturated carbocycles. The predicted molar refractivity (Wildman–Crippen MR) is 57.3 cm³/mol. The summed E-state index contributed by atoms with van der Waals surface area (Å²) >= 11 is 0. The molecule has 15 heavy (non-hydrogen) atoms. The lowest BCUT2D eigenvalue weighted by atomic mass is 9.82. The number of methoxy groups -OCH3 is 1. The van der Waals surface area contributed by atoms with Crippen LogP contribution in [0.2, 0.25) is 0 Å². The van der Waals surface area contributed by atoms with Gasteiger partial charge in [-0.25, -0.2) is 4.79 Å². The summed E-state index contributed by atoms with van der Waals surface area (Å²) in [6.07, 6.45) is 5.16. The van der Waals surface area contributed by atoms with Gasteiger partial charge in [-0.05, 0) is 18.3 Å². The Morgan fingerprint density at radius 2 is 2.20 bits per heavy atom. The molecule has 0 amide bonds. The average molecular weight is 213 g/mol. The first-order valence-corrected chi connectivity index (χ1v) is 5.22. The molecule has 86 valence electrons. The maximum Gasteiger partial charge on any atom is 0.331 e. The zero-order valence-corrected chi connectivity index (χ0v) is 9.41. The van der Waals surface area contributed by atoms with E-state index in [0.29, 0.717) is 0 Å². The van der Waals surface area contributed by atoms with Crippen LogP contribution in [0.1, 0.15) is 19.8 Å². The van der Waals surface area contributed by atoms with Crippen LogP contribution in [-0.4, -0.2) is 32.8 Å². The minimum absolute atomic E-state index is 0.276. The molecule has 1 heterocycles. The molecule has 0 aromatic carbocycles. The largest absolute Gasteiger partial charge is 0.466 e. The highest BCUT2D eigenvalue weighted by molar-refractivity contribution is 5.81. The molecule has 0 unspecified atom stereocenters. The second-order valence-electron chi connectivity index (χ2n) is 4.16. The molecule has 0 aliphatic carbocycles. The number of carbonyl (C=O) groups is 1. The molecule has 1 fully saturated rings. The van der Waals surface area contributed by atoms with Crippen LogP contribution in [0.4, 0.5) is 0 Å². The van der Waals surface area contributed by atoms with Gasteiger partial charge in [-0.3, -0.25) is 0 Å². The van der Waals surface area contributed by atoms with Gasteiger partial charge < -0.3 is 14.8 Å². The van der Waals surface area contributed by atoms with Crippen molar-refractivity contribution in [1.82, 2.24) is 5.32 Å². The first kappa shape index (κ1) is 12.0. The van der Waals surface area contributed by atoms with Gasteiger partial charge in [0.25, 0.3) is 0 Å². The van der Waals surface area contributed by atoms with E-state index < -0.39 is 0 Å². The summed E-state index contributed by atoms with van der Waals surface area (Å²) < 4.78 is 9.79. The molecule has 4 nitrogen and oxygen atoms in total. The van der Waals surface area contributed by atoms with Crippen molar-refractivity contribution >= 4 is 5.97 Å². The number of hydrogen-bond donors (Lipinski definition) is 1. The van der Waals surface area contributed by atoms with Crippen LogP contribution in [0.15, 0.2) is 12.3 Å². The average Bonchev–Trinajstić information content (AvgIpc) is 2.25. The Balaban J connectivity index is 2.23. The molecule has 1 aliphatic heterocycles. The Morgan fingerprint density at radius 1 is 1.53 bits per heavy atom. The summed E-state index contributed by atoms with van der Waals surface area (Å²) in [6, 6.07) is 0.